The molecule has 2 aliphatic carbocycles. The Bertz CT molecular complexity index is 437. The number of rotatable bonds is 3. The van der Waals surface area contributed by atoms with Gasteiger partial charge in [-0.25, -0.2) is 0 Å². The van der Waals surface area contributed by atoms with Crippen LogP contribution in [0.5, 0.6) is 0 Å². The van der Waals surface area contributed by atoms with Crippen LogP contribution in [0.25, 0.3) is 0 Å². The van der Waals surface area contributed by atoms with E-state index in [1.807, 2.05) is 0 Å². The largest absolute Gasteiger partial charge is 0.324 e. The highest BCUT2D eigenvalue weighted by Crippen LogP contribution is 2.50. The minimum absolute atomic E-state index is 0.244. The minimum atomic E-state index is 0.244. The Balaban J connectivity index is 1.67. The first-order chi connectivity index (χ1) is 8.63. The highest BCUT2D eigenvalue weighted by Gasteiger charge is 2.39. The Hall–Kier alpha value is -0.820. The molecule has 3 rings (SSSR count). The number of fused-ring (bicyclic) bond motifs is 2. The molecule has 1 heteroatoms. The quantitative estimate of drug-likeness (QED) is 0.848. The molecule has 0 amide bonds. The normalized spacial score (nSPS) is 31.8. The van der Waals surface area contributed by atoms with Gasteiger partial charge in [0.25, 0.3) is 0 Å². The predicted octanol–water partition coefficient (Wildman–Crippen LogP) is 4.13. The molecule has 2 saturated carbocycles. The summed E-state index contributed by atoms with van der Waals surface area (Å²) in [7, 11) is 0. The third-order valence-corrected chi connectivity index (χ3v) is 5.40. The summed E-state index contributed by atoms with van der Waals surface area (Å²) in [5.74, 6) is 2.93. The molecule has 1 aromatic rings. The molecule has 18 heavy (non-hydrogen) atoms. The van der Waals surface area contributed by atoms with E-state index in [1.165, 1.54) is 48.8 Å². The van der Waals surface area contributed by atoms with Crippen LogP contribution in [-0.2, 0) is 0 Å². The van der Waals surface area contributed by atoms with Crippen molar-refractivity contribution in [3.8, 4) is 0 Å². The van der Waals surface area contributed by atoms with Gasteiger partial charge in [-0.05, 0) is 74.0 Å². The molecule has 0 spiro atoms. The van der Waals surface area contributed by atoms with Gasteiger partial charge >= 0.3 is 0 Å². The maximum absolute atomic E-state index is 6.43. The zero-order valence-corrected chi connectivity index (χ0v) is 11.7. The van der Waals surface area contributed by atoms with Gasteiger partial charge < -0.3 is 5.73 Å². The van der Waals surface area contributed by atoms with Gasteiger partial charge in [-0.2, -0.15) is 0 Å². The van der Waals surface area contributed by atoms with E-state index in [1.54, 1.807) is 0 Å². The summed E-state index contributed by atoms with van der Waals surface area (Å²) >= 11 is 0. The van der Waals surface area contributed by atoms with Crippen molar-refractivity contribution in [2.45, 2.75) is 52.0 Å². The zero-order valence-electron chi connectivity index (χ0n) is 11.7. The lowest BCUT2D eigenvalue weighted by Gasteiger charge is -2.25. The molecule has 98 valence electrons. The summed E-state index contributed by atoms with van der Waals surface area (Å²) in [4.78, 5) is 0. The van der Waals surface area contributed by atoms with Crippen LogP contribution in [0.15, 0.2) is 18.2 Å². The maximum Gasteiger partial charge on any atom is 0.0297 e. The molecule has 0 aromatic heterocycles. The summed E-state index contributed by atoms with van der Waals surface area (Å²) in [6.45, 7) is 4.35. The average Bonchev–Trinajstić information content (AvgIpc) is 2.94. The first-order valence-electron chi connectivity index (χ1n) is 7.46. The number of hydrogen-bond acceptors (Lipinski definition) is 1. The molecule has 2 bridgehead atoms. The van der Waals surface area contributed by atoms with Crippen molar-refractivity contribution in [1.82, 2.24) is 0 Å². The molecule has 4 atom stereocenters. The van der Waals surface area contributed by atoms with E-state index in [-0.39, 0.29) is 6.04 Å². The van der Waals surface area contributed by atoms with Gasteiger partial charge in [0.2, 0.25) is 0 Å². The molecule has 0 saturated heterocycles. The third-order valence-electron chi connectivity index (χ3n) is 5.40. The second-order valence-electron chi connectivity index (χ2n) is 6.62. The van der Waals surface area contributed by atoms with Gasteiger partial charge in [-0.1, -0.05) is 24.6 Å². The SMILES string of the molecule is Cc1ccc(C(N)CC2CC3CCC2C3)cc1C. The monoisotopic (exact) mass is 243 g/mol. The summed E-state index contributed by atoms with van der Waals surface area (Å²) < 4.78 is 0. The molecule has 0 heterocycles. The van der Waals surface area contributed by atoms with Gasteiger partial charge in [0, 0.05) is 6.04 Å². The van der Waals surface area contributed by atoms with Crippen LogP contribution in [0.2, 0.25) is 0 Å². The van der Waals surface area contributed by atoms with Crippen LogP contribution in [-0.4, -0.2) is 0 Å². The van der Waals surface area contributed by atoms with Crippen molar-refractivity contribution in [3.63, 3.8) is 0 Å². The highest BCUT2D eigenvalue weighted by atomic mass is 14.6. The Kier molecular flexibility index (Phi) is 3.19. The first kappa shape index (κ1) is 12.2. The van der Waals surface area contributed by atoms with Crippen LogP contribution in [0.3, 0.4) is 0 Å². The van der Waals surface area contributed by atoms with Crippen LogP contribution in [0.4, 0.5) is 0 Å². The van der Waals surface area contributed by atoms with E-state index >= 15 is 0 Å². The number of nitrogens with two attached hydrogens (primary N) is 1. The van der Waals surface area contributed by atoms with Crippen molar-refractivity contribution >= 4 is 0 Å². The molecule has 2 fully saturated rings. The molecule has 2 N–H and O–H groups in total. The third kappa shape index (κ3) is 2.21. The van der Waals surface area contributed by atoms with Gasteiger partial charge in [0.15, 0.2) is 0 Å². The van der Waals surface area contributed by atoms with Crippen LogP contribution >= 0.6 is 0 Å². The second kappa shape index (κ2) is 4.70. The van der Waals surface area contributed by atoms with Crippen molar-refractivity contribution in [2.75, 3.05) is 0 Å². The molecule has 2 aliphatic rings. The number of benzene rings is 1. The topological polar surface area (TPSA) is 26.0 Å². The molecular formula is C17H25N. The second-order valence-corrected chi connectivity index (χ2v) is 6.62. The van der Waals surface area contributed by atoms with Gasteiger partial charge in [-0.3, -0.25) is 0 Å². The minimum Gasteiger partial charge on any atom is -0.324 e. The Morgan fingerprint density at radius 2 is 2.00 bits per heavy atom. The fourth-order valence-electron chi connectivity index (χ4n) is 4.12. The zero-order chi connectivity index (χ0) is 12.7. The summed E-state index contributed by atoms with van der Waals surface area (Å²) in [6.07, 6.45) is 7.09. The molecular weight excluding hydrogens is 218 g/mol. The van der Waals surface area contributed by atoms with Crippen molar-refractivity contribution in [2.24, 2.45) is 23.5 Å². The molecule has 4 unspecified atom stereocenters. The molecule has 1 aromatic carbocycles. The molecule has 1 nitrogen and oxygen atoms in total. The first-order valence-corrected chi connectivity index (χ1v) is 7.46. The smallest absolute Gasteiger partial charge is 0.0297 e. The van der Waals surface area contributed by atoms with Crippen molar-refractivity contribution < 1.29 is 0 Å². The lowest BCUT2D eigenvalue weighted by Crippen LogP contribution is -2.19. The van der Waals surface area contributed by atoms with Crippen molar-refractivity contribution in [1.29, 1.82) is 0 Å². The van der Waals surface area contributed by atoms with E-state index in [4.69, 9.17) is 5.73 Å². The van der Waals surface area contributed by atoms with Crippen LogP contribution in [0.1, 0.15) is 54.8 Å². The van der Waals surface area contributed by atoms with Crippen molar-refractivity contribution in [3.05, 3.63) is 34.9 Å². The van der Waals surface area contributed by atoms with Gasteiger partial charge in [-0.15, -0.1) is 0 Å². The Labute approximate surface area is 111 Å². The average molecular weight is 243 g/mol. The number of hydrogen-bond donors (Lipinski definition) is 1. The highest BCUT2D eigenvalue weighted by molar-refractivity contribution is 5.31. The van der Waals surface area contributed by atoms with E-state index < -0.39 is 0 Å². The summed E-state index contributed by atoms with van der Waals surface area (Å²) in [5.41, 5.74) is 10.5. The van der Waals surface area contributed by atoms with Gasteiger partial charge in [0.05, 0.1) is 0 Å². The predicted molar refractivity (Wildman–Crippen MR) is 76.4 cm³/mol. The summed E-state index contributed by atoms with van der Waals surface area (Å²) in [6, 6.07) is 6.97. The Morgan fingerprint density at radius 3 is 2.61 bits per heavy atom. The van der Waals surface area contributed by atoms with Crippen LogP contribution < -0.4 is 5.73 Å². The lowest BCUT2D eigenvalue weighted by molar-refractivity contribution is 0.296. The van der Waals surface area contributed by atoms with E-state index in [0.29, 0.717) is 0 Å². The number of aryl methyl sites for hydroxylation is 2. The molecule has 0 aliphatic heterocycles. The van der Waals surface area contributed by atoms with E-state index in [9.17, 15) is 0 Å². The standard InChI is InChI=1S/C17H25N/c1-11-3-5-15(7-12(11)2)17(18)10-16-9-13-4-6-14(16)8-13/h3,5,7,13-14,16-17H,4,6,8-10,18H2,1-2H3. The van der Waals surface area contributed by atoms with Gasteiger partial charge in [0.1, 0.15) is 0 Å². The maximum atomic E-state index is 6.43. The molecule has 0 radical (unpaired) electrons. The fraction of sp³-hybridized carbons (Fsp3) is 0.647. The fourth-order valence-corrected chi connectivity index (χ4v) is 4.12. The van der Waals surface area contributed by atoms with E-state index in [2.05, 4.69) is 32.0 Å². The summed E-state index contributed by atoms with van der Waals surface area (Å²) in [5, 5.41) is 0. The van der Waals surface area contributed by atoms with E-state index in [0.717, 1.165) is 17.8 Å². The lowest BCUT2D eigenvalue weighted by atomic mass is 9.83. The Morgan fingerprint density at radius 1 is 1.17 bits per heavy atom. The van der Waals surface area contributed by atoms with Crippen LogP contribution in [0, 0.1) is 31.6 Å².